The summed E-state index contributed by atoms with van der Waals surface area (Å²) in [5, 5.41) is 0. The molecule has 2 aromatic rings. The second-order valence-corrected chi connectivity index (χ2v) is 9.64. The Labute approximate surface area is 229 Å². The molecule has 1 heterocycles. The van der Waals surface area contributed by atoms with Gasteiger partial charge in [0.1, 0.15) is 0 Å². The van der Waals surface area contributed by atoms with Gasteiger partial charge in [-0.25, -0.2) is 4.79 Å². The first kappa shape index (κ1) is 31.2. The number of fused-ring (bicyclic) bond motifs is 1. The van der Waals surface area contributed by atoms with Gasteiger partial charge in [0.15, 0.2) is 11.5 Å². The highest BCUT2D eigenvalue weighted by molar-refractivity contribution is 5.71. The molecule has 0 aromatic heterocycles. The van der Waals surface area contributed by atoms with Gasteiger partial charge in [-0.3, -0.25) is 4.90 Å². The summed E-state index contributed by atoms with van der Waals surface area (Å²) in [7, 11) is 4.06. The van der Waals surface area contributed by atoms with Crippen LogP contribution in [-0.4, -0.2) is 44.9 Å². The molecule has 1 amide bonds. The molecular weight excluding hydrogens is 542 g/mol. The maximum absolute atomic E-state index is 13.5. The highest BCUT2D eigenvalue weighted by atomic mass is 19.4. The molecule has 0 bridgehead atoms. The van der Waals surface area contributed by atoms with Crippen LogP contribution in [0.4, 0.5) is 36.8 Å². The maximum atomic E-state index is 13.5. The SMILES string of the molecule is CCCCN1c2cc(OC)c(OC)cc2[C@@H](N(Cc2cc(C(F)(F)F)cc(C(F)(F)F)c2)C(=O)OC)C[C@H]1CC. The predicted octanol–water partition coefficient (Wildman–Crippen LogP) is 7.84. The fourth-order valence-corrected chi connectivity index (χ4v) is 5.15. The molecule has 0 N–H and O–H groups in total. The number of ether oxygens (including phenoxy) is 3. The van der Waals surface area contributed by atoms with Crippen LogP contribution < -0.4 is 14.4 Å². The van der Waals surface area contributed by atoms with Gasteiger partial charge in [-0.05, 0) is 49.1 Å². The molecule has 0 radical (unpaired) electrons. The van der Waals surface area contributed by atoms with Gasteiger partial charge < -0.3 is 19.1 Å². The Morgan fingerprint density at radius 3 is 1.98 bits per heavy atom. The smallest absolute Gasteiger partial charge is 0.416 e. The molecule has 6 nitrogen and oxygen atoms in total. The number of benzene rings is 2. The van der Waals surface area contributed by atoms with Crippen LogP contribution in [-0.2, 0) is 23.6 Å². The standard InChI is InChI=1S/C28H34F6N2O4/c1-6-8-9-35-20(7-2)13-22(21-14-24(38-3)25(39-4)15-23(21)35)36(26(37)40-5)16-17-10-18(27(29,30)31)12-19(11-17)28(32,33)34/h10-12,14-15,20,22H,6-9,13,16H2,1-5H3/t20-,22+/m1/s1. The lowest BCUT2D eigenvalue weighted by Gasteiger charge is -2.45. The third kappa shape index (κ3) is 6.69. The first-order valence-electron chi connectivity index (χ1n) is 12.9. The number of amides is 1. The van der Waals surface area contributed by atoms with E-state index in [1.54, 1.807) is 12.1 Å². The number of halogens is 6. The van der Waals surface area contributed by atoms with Gasteiger partial charge in [-0.2, -0.15) is 26.3 Å². The van der Waals surface area contributed by atoms with E-state index in [4.69, 9.17) is 14.2 Å². The van der Waals surface area contributed by atoms with E-state index in [1.165, 1.54) is 19.1 Å². The largest absolute Gasteiger partial charge is 0.493 e. The number of carbonyl (C=O) groups is 1. The average molecular weight is 577 g/mol. The minimum Gasteiger partial charge on any atom is -0.493 e. The normalized spacial score (nSPS) is 17.3. The Morgan fingerprint density at radius 2 is 1.50 bits per heavy atom. The molecule has 2 aromatic carbocycles. The van der Waals surface area contributed by atoms with Crippen molar-refractivity contribution in [3.8, 4) is 11.5 Å². The number of methoxy groups -OCH3 is 3. The van der Waals surface area contributed by atoms with E-state index in [9.17, 15) is 31.1 Å². The Bertz CT molecular complexity index is 1150. The van der Waals surface area contributed by atoms with Crippen LogP contribution in [0.25, 0.3) is 0 Å². The summed E-state index contributed by atoms with van der Waals surface area (Å²) in [4.78, 5) is 16.5. The van der Waals surface area contributed by atoms with Gasteiger partial charge in [0, 0.05) is 36.4 Å². The third-order valence-corrected chi connectivity index (χ3v) is 7.15. The second kappa shape index (κ2) is 12.5. The van der Waals surface area contributed by atoms with E-state index in [1.807, 2.05) is 6.92 Å². The lowest BCUT2D eigenvalue weighted by molar-refractivity contribution is -0.143. The number of rotatable bonds is 9. The Hall–Kier alpha value is -3.31. The lowest BCUT2D eigenvalue weighted by atomic mass is 9.87. The van der Waals surface area contributed by atoms with E-state index >= 15 is 0 Å². The fraction of sp³-hybridized carbons (Fsp3) is 0.536. The van der Waals surface area contributed by atoms with Gasteiger partial charge in [0.05, 0.1) is 38.5 Å². The molecule has 0 saturated carbocycles. The second-order valence-electron chi connectivity index (χ2n) is 9.64. The molecule has 0 spiro atoms. The van der Waals surface area contributed by atoms with Crippen LogP contribution in [0.5, 0.6) is 11.5 Å². The zero-order valence-corrected chi connectivity index (χ0v) is 23.1. The highest BCUT2D eigenvalue weighted by Crippen LogP contribution is 2.47. The van der Waals surface area contributed by atoms with Crippen molar-refractivity contribution in [1.29, 1.82) is 0 Å². The summed E-state index contributed by atoms with van der Waals surface area (Å²) in [5.41, 5.74) is -1.84. The maximum Gasteiger partial charge on any atom is 0.416 e. The van der Waals surface area contributed by atoms with Crippen molar-refractivity contribution >= 4 is 11.8 Å². The monoisotopic (exact) mass is 576 g/mol. The molecule has 3 rings (SSSR count). The van der Waals surface area contributed by atoms with E-state index in [0.29, 0.717) is 48.6 Å². The van der Waals surface area contributed by atoms with Crippen LogP contribution in [0.1, 0.15) is 67.8 Å². The molecule has 12 heteroatoms. The molecule has 40 heavy (non-hydrogen) atoms. The topological polar surface area (TPSA) is 51.2 Å². The first-order chi connectivity index (χ1) is 18.8. The summed E-state index contributed by atoms with van der Waals surface area (Å²) in [6.07, 6.45) is -8.02. The molecule has 2 atom stereocenters. The number of anilines is 1. The van der Waals surface area contributed by atoms with E-state index in [-0.39, 0.29) is 17.7 Å². The number of nitrogens with zero attached hydrogens (tertiary/aromatic N) is 2. The van der Waals surface area contributed by atoms with Crippen molar-refractivity contribution in [1.82, 2.24) is 4.90 Å². The highest BCUT2D eigenvalue weighted by Gasteiger charge is 2.40. The van der Waals surface area contributed by atoms with Crippen molar-refractivity contribution < 1.29 is 45.3 Å². The van der Waals surface area contributed by atoms with Crippen LogP contribution in [0.2, 0.25) is 0 Å². The summed E-state index contributed by atoms with van der Waals surface area (Å²) < 4.78 is 97.2. The quantitative estimate of drug-likeness (QED) is 0.285. The van der Waals surface area contributed by atoms with Crippen LogP contribution in [0, 0.1) is 0 Å². The van der Waals surface area contributed by atoms with Crippen molar-refractivity contribution in [3.63, 3.8) is 0 Å². The minimum absolute atomic E-state index is 0.0672. The van der Waals surface area contributed by atoms with Gasteiger partial charge in [0.25, 0.3) is 0 Å². The number of carbonyl (C=O) groups excluding carboxylic acids is 1. The third-order valence-electron chi connectivity index (χ3n) is 7.15. The number of alkyl halides is 6. The summed E-state index contributed by atoms with van der Waals surface area (Å²) in [5.74, 6) is 0.829. The molecular formula is C28H34F6N2O4. The van der Waals surface area contributed by atoms with Crippen molar-refractivity contribution in [2.45, 2.75) is 70.5 Å². The zero-order chi connectivity index (χ0) is 29.8. The van der Waals surface area contributed by atoms with E-state index < -0.39 is 42.2 Å². The summed E-state index contributed by atoms with van der Waals surface area (Å²) in [6.45, 7) is 4.22. The molecule has 0 unspecified atom stereocenters. The summed E-state index contributed by atoms with van der Waals surface area (Å²) in [6, 6.07) is 4.03. The summed E-state index contributed by atoms with van der Waals surface area (Å²) >= 11 is 0. The van der Waals surface area contributed by atoms with Crippen LogP contribution >= 0.6 is 0 Å². The van der Waals surface area contributed by atoms with Crippen molar-refractivity contribution in [3.05, 3.63) is 52.6 Å². The van der Waals surface area contributed by atoms with Crippen LogP contribution in [0.3, 0.4) is 0 Å². The molecule has 0 saturated heterocycles. The molecule has 0 aliphatic carbocycles. The van der Waals surface area contributed by atoms with Crippen LogP contribution in [0.15, 0.2) is 30.3 Å². The van der Waals surface area contributed by atoms with E-state index in [0.717, 1.165) is 25.6 Å². The fourth-order valence-electron chi connectivity index (χ4n) is 5.15. The average Bonchev–Trinajstić information content (AvgIpc) is 2.92. The van der Waals surface area contributed by atoms with Crippen molar-refractivity contribution in [2.24, 2.45) is 0 Å². The molecule has 1 aliphatic rings. The van der Waals surface area contributed by atoms with Gasteiger partial charge in [0.2, 0.25) is 0 Å². The van der Waals surface area contributed by atoms with Gasteiger partial charge in [-0.15, -0.1) is 0 Å². The molecule has 0 fully saturated rings. The van der Waals surface area contributed by atoms with E-state index in [2.05, 4.69) is 11.8 Å². The molecule has 1 aliphatic heterocycles. The molecule has 222 valence electrons. The lowest BCUT2D eigenvalue weighted by Crippen LogP contribution is -2.46. The Morgan fingerprint density at radius 1 is 0.925 bits per heavy atom. The van der Waals surface area contributed by atoms with Gasteiger partial charge in [-0.1, -0.05) is 20.3 Å². The van der Waals surface area contributed by atoms with Crippen molar-refractivity contribution in [2.75, 3.05) is 32.8 Å². The number of hydrogen-bond donors (Lipinski definition) is 0. The Kier molecular flexibility index (Phi) is 9.73. The zero-order valence-electron chi connectivity index (χ0n) is 23.1. The predicted molar refractivity (Wildman–Crippen MR) is 138 cm³/mol. The van der Waals surface area contributed by atoms with Gasteiger partial charge >= 0.3 is 18.4 Å². The minimum atomic E-state index is -5.01. The number of hydrogen-bond acceptors (Lipinski definition) is 5. The Balaban J connectivity index is 2.19. The number of unbranched alkanes of at least 4 members (excludes halogenated alkanes) is 1. The first-order valence-corrected chi connectivity index (χ1v) is 12.9.